The maximum absolute atomic E-state index is 12.5. The normalized spacial score (nSPS) is 12.5. The minimum Gasteiger partial charge on any atom is -0.480 e. The number of carboxylic acids is 1. The monoisotopic (exact) mass is 351 g/mol. The Labute approximate surface area is 152 Å². The molecule has 0 unspecified atom stereocenters. The molecule has 1 amide bonds. The first-order valence-electron chi connectivity index (χ1n) is 8.77. The zero-order valence-corrected chi connectivity index (χ0v) is 14.5. The van der Waals surface area contributed by atoms with Crippen LogP contribution in [-0.2, 0) is 22.4 Å². The highest BCUT2D eigenvalue weighted by molar-refractivity contribution is 6.02. The number of nitrogens with zero attached hydrogens (tertiary/aromatic N) is 1. The third kappa shape index (κ3) is 4.17. The van der Waals surface area contributed by atoms with Gasteiger partial charge in [0.05, 0.1) is 0 Å². The van der Waals surface area contributed by atoms with Crippen molar-refractivity contribution in [2.45, 2.75) is 32.1 Å². The number of para-hydroxylation sites is 1. The van der Waals surface area contributed by atoms with Gasteiger partial charge in [0.25, 0.3) is 0 Å². The van der Waals surface area contributed by atoms with Gasteiger partial charge in [0.1, 0.15) is 6.54 Å². The van der Waals surface area contributed by atoms with Crippen molar-refractivity contribution in [3.05, 3.63) is 65.2 Å². The van der Waals surface area contributed by atoms with Crippen LogP contribution in [-0.4, -0.2) is 29.3 Å². The summed E-state index contributed by atoms with van der Waals surface area (Å²) in [6.07, 6.45) is 3.23. The van der Waals surface area contributed by atoms with Gasteiger partial charge in [-0.25, -0.2) is 0 Å². The van der Waals surface area contributed by atoms with Crippen LogP contribution in [0.25, 0.3) is 0 Å². The number of carboxylic acid groups (broad SMARTS) is 1. The van der Waals surface area contributed by atoms with E-state index in [4.69, 9.17) is 5.11 Å². The molecule has 3 rings (SSSR count). The summed E-state index contributed by atoms with van der Waals surface area (Å²) in [5.74, 6) is -1.54. The standard InChI is InChI=1S/C21H21NO4/c23-19(17-10-9-15-5-4-6-16(15)13-17)11-12-20(24)22(14-21(25)26)18-7-2-1-3-8-18/h1-3,7-10,13H,4-6,11-12,14H2,(H,25,26). The number of fused-ring (bicyclic) bond motifs is 1. The van der Waals surface area contributed by atoms with Gasteiger partial charge in [-0.05, 0) is 48.6 Å². The van der Waals surface area contributed by atoms with E-state index >= 15 is 0 Å². The number of carbonyl (C=O) groups is 3. The van der Waals surface area contributed by atoms with Gasteiger partial charge in [0.15, 0.2) is 5.78 Å². The molecule has 2 aromatic rings. The van der Waals surface area contributed by atoms with E-state index in [1.807, 2.05) is 18.2 Å². The van der Waals surface area contributed by atoms with Crippen LogP contribution in [0.15, 0.2) is 48.5 Å². The van der Waals surface area contributed by atoms with Crippen molar-refractivity contribution in [2.24, 2.45) is 0 Å². The molecule has 0 atom stereocenters. The Hall–Kier alpha value is -2.95. The molecule has 0 spiro atoms. The van der Waals surface area contributed by atoms with Gasteiger partial charge in [-0.2, -0.15) is 0 Å². The lowest BCUT2D eigenvalue weighted by molar-refractivity contribution is -0.136. The fraction of sp³-hybridized carbons (Fsp3) is 0.286. The van der Waals surface area contributed by atoms with Gasteiger partial charge in [-0.1, -0.05) is 30.3 Å². The lowest BCUT2D eigenvalue weighted by Crippen LogP contribution is -2.35. The minimum atomic E-state index is -1.09. The van der Waals surface area contributed by atoms with Crippen molar-refractivity contribution in [1.29, 1.82) is 0 Å². The number of amides is 1. The Morgan fingerprint density at radius 3 is 2.38 bits per heavy atom. The Bertz CT molecular complexity index is 829. The molecule has 5 heteroatoms. The van der Waals surface area contributed by atoms with E-state index in [1.165, 1.54) is 16.0 Å². The summed E-state index contributed by atoms with van der Waals surface area (Å²) in [6.45, 7) is -0.421. The van der Waals surface area contributed by atoms with E-state index in [0.717, 1.165) is 19.3 Å². The molecule has 2 aromatic carbocycles. The zero-order chi connectivity index (χ0) is 18.5. The molecule has 0 bridgehead atoms. The Morgan fingerprint density at radius 2 is 1.65 bits per heavy atom. The summed E-state index contributed by atoms with van der Waals surface area (Å²) in [5, 5.41) is 9.08. The number of carbonyl (C=O) groups excluding carboxylic acids is 2. The predicted octanol–water partition coefficient (Wildman–Crippen LogP) is 3.26. The van der Waals surface area contributed by atoms with Crippen molar-refractivity contribution in [1.82, 2.24) is 0 Å². The largest absolute Gasteiger partial charge is 0.480 e. The second kappa shape index (κ2) is 7.95. The maximum atomic E-state index is 12.5. The first-order chi connectivity index (χ1) is 12.5. The fourth-order valence-corrected chi connectivity index (χ4v) is 3.31. The topological polar surface area (TPSA) is 74.7 Å². The number of Topliss-reactive ketones (excluding diaryl/α,β-unsaturated/α-hetero) is 1. The van der Waals surface area contributed by atoms with Crippen LogP contribution in [0, 0.1) is 0 Å². The van der Waals surface area contributed by atoms with Gasteiger partial charge >= 0.3 is 5.97 Å². The molecular weight excluding hydrogens is 330 g/mol. The number of aliphatic carboxylic acids is 1. The van der Waals surface area contributed by atoms with Crippen LogP contribution in [0.5, 0.6) is 0 Å². The lowest BCUT2D eigenvalue weighted by Gasteiger charge is -2.20. The van der Waals surface area contributed by atoms with Crippen LogP contribution in [0.4, 0.5) is 5.69 Å². The lowest BCUT2D eigenvalue weighted by atomic mass is 10.0. The smallest absolute Gasteiger partial charge is 0.323 e. The average Bonchev–Trinajstić information content (AvgIpc) is 3.12. The molecule has 0 heterocycles. The predicted molar refractivity (Wildman–Crippen MR) is 98.5 cm³/mol. The molecule has 0 aromatic heterocycles. The first kappa shape index (κ1) is 17.9. The van der Waals surface area contributed by atoms with Crippen molar-refractivity contribution in [3.8, 4) is 0 Å². The third-order valence-electron chi connectivity index (χ3n) is 4.65. The quantitative estimate of drug-likeness (QED) is 0.777. The van der Waals surface area contributed by atoms with Crippen LogP contribution < -0.4 is 4.90 Å². The first-order valence-corrected chi connectivity index (χ1v) is 8.77. The SMILES string of the molecule is O=C(O)CN(C(=O)CCC(=O)c1ccc2c(c1)CCC2)c1ccccc1. The zero-order valence-electron chi connectivity index (χ0n) is 14.5. The average molecular weight is 351 g/mol. The minimum absolute atomic E-state index is 0.0158. The van der Waals surface area contributed by atoms with Gasteiger partial charge in [-0.15, -0.1) is 0 Å². The molecule has 0 saturated heterocycles. The summed E-state index contributed by atoms with van der Waals surface area (Å²) in [5.41, 5.74) is 3.67. The van der Waals surface area contributed by atoms with E-state index < -0.39 is 12.5 Å². The van der Waals surface area contributed by atoms with Crippen molar-refractivity contribution in [2.75, 3.05) is 11.4 Å². The van der Waals surface area contributed by atoms with Crippen LogP contribution in [0.3, 0.4) is 0 Å². The van der Waals surface area contributed by atoms with Crippen molar-refractivity contribution < 1.29 is 19.5 Å². The number of rotatable bonds is 7. The molecule has 0 fully saturated rings. The fourth-order valence-electron chi connectivity index (χ4n) is 3.31. The number of hydrogen-bond donors (Lipinski definition) is 1. The molecule has 0 radical (unpaired) electrons. The van der Waals surface area contributed by atoms with Gasteiger partial charge < -0.3 is 10.0 Å². The number of hydrogen-bond acceptors (Lipinski definition) is 3. The van der Waals surface area contributed by atoms with Gasteiger partial charge in [-0.3, -0.25) is 14.4 Å². The molecule has 0 aliphatic heterocycles. The second-order valence-electron chi connectivity index (χ2n) is 6.47. The van der Waals surface area contributed by atoms with E-state index in [9.17, 15) is 14.4 Å². The van der Waals surface area contributed by atoms with E-state index in [1.54, 1.807) is 30.3 Å². The van der Waals surface area contributed by atoms with Gasteiger partial charge in [0.2, 0.25) is 5.91 Å². The van der Waals surface area contributed by atoms with Crippen molar-refractivity contribution >= 4 is 23.3 Å². The number of anilines is 1. The Morgan fingerprint density at radius 1 is 0.923 bits per heavy atom. The molecule has 1 N–H and O–H groups in total. The second-order valence-corrected chi connectivity index (χ2v) is 6.47. The molecule has 134 valence electrons. The summed E-state index contributed by atoms with van der Waals surface area (Å²) in [7, 11) is 0. The number of ketones is 1. The Kier molecular flexibility index (Phi) is 5.46. The highest BCUT2D eigenvalue weighted by Gasteiger charge is 2.20. The van der Waals surface area contributed by atoms with E-state index in [0.29, 0.717) is 11.3 Å². The molecule has 26 heavy (non-hydrogen) atoms. The van der Waals surface area contributed by atoms with Crippen LogP contribution in [0.2, 0.25) is 0 Å². The van der Waals surface area contributed by atoms with E-state index in [2.05, 4.69) is 0 Å². The molecule has 5 nitrogen and oxygen atoms in total. The summed E-state index contributed by atoms with van der Waals surface area (Å²) < 4.78 is 0. The van der Waals surface area contributed by atoms with Gasteiger partial charge in [0, 0.05) is 24.1 Å². The highest BCUT2D eigenvalue weighted by Crippen LogP contribution is 2.23. The summed E-state index contributed by atoms with van der Waals surface area (Å²) in [6, 6.07) is 14.4. The van der Waals surface area contributed by atoms with Crippen molar-refractivity contribution in [3.63, 3.8) is 0 Å². The third-order valence-corrected chi connectivity index (χ3v) is 4.65. The summed E-state index contributed by atoms with van der Waals surface area (Å²) >= 11 is 0. The molecule has 1 aliphatic rings. The molecule has 0 saturated carbocycles. The molecule has 1 aliphatic carbocycles. The highest BCUT2D eigenvalue weighted by atomic mass is 16.4. The van der Waals surface area contributed by atoms with Crippen LogP contribution >= 0.6 is 0 Å². The number of benzene rings is 2. The maximum Gasteiger partial charge on any atom is 0.323 e. The van der Waals surface area contributed by atoms with E-state index in [-0.39, 0.29) is 24.5 Å². The number of aryl methyl sites for hydroxylation is 2. The Balaban J connectivity index is 1.66. The van der Waals surface area contributed by atoms with Crippen LogP contribution in [0.1, 0.15) is 40.7 Å². The molecular formula is C21H21NO4. The summed E-state index contributed by atoms with van der Waals surface area (Å²) in [4.78, 5) is 37.3.